The van der Waals surface area contributed by atoms with Crippen LogP contribution in [0.1, 0.15) is 37.0 Å². The fraction of sp³-hybridized carbons (Fsp3) is 0.409. The van der Waals surface area contributed by atoms with Gasteiger partial charge in [-0.1, -0.05) is 23.2 Å². The molecule has 3 aromatic rings. The summed E-state index contributed by atoms with van der Waals surface area (Å²) in [6, 6.07) is 11.5. The highest BCUT2D eigenvalue weighted by Gasteiger charge is 2.24. The van der Waals surface area contributed by atoms with Crippen LogP contribution in [0.5, 0.6) is 0 Å². The van der Waals surface area contributed by atoms with E-state index in [-0.39, 0.29) is 30.0 Å². The number of rotatable bonds is 7. The van der Waals surface area contributed by atoms with Gasteiger partial charge < -0.3 is 19.6 Å². The second-order valence-corrected chi connectivity index (χ2v) is 7.89. The molecule has 0 aliphatic carbocycles. The molecule has 0 saturated carbocycles. The molecule has 0 amide bonds. The Morgan fingerprint density at radius 1 is 1.16 bits per heavy atom. The maximum atomic E-state index is 5.94. The molecule has 172 valence electrons. The third-order valence-corrected chi connectivity index (χ3v) is 5.62. The number of hydrogen-bond acceptors (Lipinski definition) is 6. The Morgan fingerprint density at radius 2 is 1.94 bits per heavy atom. The summed E-state index contributed by atoms with van der Waals surface area (Å²) in [5, 5.41) is 11.3. The van der Waals surface area contributed by atoms with E-state index >= 15 is 0 Å². The molecule has 1 aliphatic heterocycles. The lowest BCUT2D eigenvalue weighted by molar-refractivity contribution is 0.146. The van der Waals surface area contributed by atoms with Gasteiger partial charge in [0.1, 0.15) is 5.76 Å². The molecule has 1 saturated heterocycles. The first-order valence-electron chi connectivity index (χ1n) is 10.5. The summed E-state index contributed by atoms with van der Waals surface area (Å²) in [6.45, 7) is 3.21. The van der Waals surface area contributed by atoms with Crippen LogP contribution in [-0.2, 0) is 6.54 Å². The predicted octanol–water partition coefficient (Wildman–Crippen LogP) is 4.49. The number of nitrogens with one attached hydrogen (secondary N) is 2. The van der Waals surface area contributed by atoms with E-state index in [1.165, 1.54) is 19.3 Å². The number of nitrogens with zero attached hydrogens (tertiary/aromatic N) is 4. The van der Waals surface area contributed by atoms with Gasteiger partial charge in [-0.25, -0.2) is 0 Å². The van der Waals surface area contributed by atoms with Crippen LogP contribution in [0.2, 0.25) is 5.02 Å². The maximum absolute atomic E-state index is 5.94. The van der Waals surface area contributed by atoms with E-state index in [1.807, 2.05) is 24.3 Å². The molecule has 0 radical (unpaired) electrons. The standard InChI is InChI=1S/C22H27ClN6O2.HI/c1-24-22(25-14-18(19-6-5-13-30-19)29-11-3-2-4-12-29)26-15-20-27-21(28-31-20)16-7-9-17(23)10-8-16;/h5-10,13,18H,2-4,11-12,14-15H2,1H3,(H2,24,25,26);1H. The number of hydrogen-bond donors (Lipinski definition) is 2. The molecule has 2 N–H and O–H groups in total. The van der Waals surface area contributed by atoms with Crippen LogP contribution in [0.15, 0.2) is 56.6 Å². The third kappa shape index (κ3) is 6.46. The Kier molecular flexibility index (Phi) is 9.36. The lowest BCUT2D eigenvalue weighted by Gasteiger charge is -2.33. The second kappa shape index (κ2) is 12.2. The number of guanidine groups is 1. The number of furan rings is 1. The number of benzene rings is 1. The molecule has 10 heteroatoms. The Labute approximate surface area is 209 Å². The lowest BCUT2D eigenvalue weighted by Crippen LogP contribution is -2.44. The van der Waals surface area contributed by atoms with E-state index in [2.05, 4.69) is 30.7 Å². The largest absolute Gasteiger partial charge is 0.468 e. The minimum atomic E-state index is 0. The van der Waals surface area contributed by atoms with Crippen molar-refractivity contribution in [3.63, 3.8) is 0 Å². The molecule has 3 heterocycles. The first-order valence-corrected chi connectivity index (χ1v) is 10.9. The monoisotopic (exact) mass is 570 g/mol. The zero-order valence-corrected chi connectivity index (χ0v) is 21.0. The van der Waals surface area contributed by atoms with Gasteiger partial charge in [-0.15, -0.1) is 24.0 Å². The van der Waals surface area contributed by atoms with Crippen molar-refractivity contribution < 1.29 is 8.94 Å². The van der Waals surface area contributed by atoms with Gasteiger partial charge in [0.25, 0.3) is 0 Å². The topological polar surface area (TPSA) is 91.7 Å². The third-order valence-electron chi connectivity index (χ3n) is 5.37. The Morgan fingerprint density at radius 3 is 2.62 bits per heavy atom. The summed E-state index contributed by atoms with van der Waals surface area (Å²) >= 11 is 5.94. The van der Waals surface area contributed by atoms with Gasteiger partial charge in [-0.3, -0.25) is 9.89 Å². The van der Waals surface area contributed by atoms with Gasteiger partial charge in [0.05, 0.1) is 18.8 Å². The van der Waals surface area contributed by atoms with E-state index in [4.69, 9.17) is 20.5 Å². The normalized spacial score (nSPS) is 15.8. The van der Waals surface area contributed by atoms with Gasteiger partial charge in [0, 0.05) is 24.2 Å². The van der Waals surface area contributed by atoms with Crippen LogP contribution >= 0.6 is 35.6 Å². The first kappa shape index (κ1) is 24.5. The number of halogens is 2. The molecule has 0 bridgehead atoms. The lowest BCUT2D eigenvalue weighted by atomic mass is 10.1. The van der Waals surface area contributed by atoms with E-state index < -0.39 is 0 Å². The SMILES string of the molecule is CN=C(NCc1nc(-c2ccc(Cl)cc2)no1)NCC(c1ccco1)N1CCCCC1.I. The van der Waals surface area contributed by atoms with Crippen molar-refractivity contribution in [2.75, 3.05) is 26.7 Å². The molecule has 1 unspecified atom stereocenters. The number of aromatic nitrogens is 2. The minimum Gasteiger partial charge on any atom is -0.468 e. The fourth-order valence-corrected chi connectivity index (χ4v) is 3.86. The molecule has 32 heavy (non-hydrogen) atoms. The van der Waals surface area contributed by atoms with Crippen molar-refractivity contribution in [2.24, 2.45) is 4.99 Å². The first-order chi connectivity index (χ1) is 15.2. The quantitative estimate of drug-likeness (QED) is 0.246. The molecule has 1 aliphatic rings. The highest BCUT2D eigenvalue weighted by atomic mass is 127. The van der Waals surface area contributed by atoms with Crippen LogP contribution in [-0.4, -0.2) is 47.7 Å². The van der Waals surface area contributed by atoms with Crippen LogP contribution < -0.4 is 10.6 Å². The average molecular weight is 571 g/mol. The van der Waals surface area contributed by atoms with E-state index in [1.54, 1.807) is 25.4 Å². The molecule has 1 aromatic carbocycles. The van der Waals surface area contributed by atoms with Gasteiger partial charge in [0.2, 0.25) is 11.7 Å². The Hall–Kier alpha value is -2.11. The van der Waals surface area contributed by atoms with Crippen molar-refractivity contribution in [1.82, 2.24) is 25.7 Å². The molecular formula is C22H28ClIN6O2. The Bertz CT molecular complexity index is 971. The van der Waals surface area contributed by atoms with Crippen molar-refractivity contribution in [2.45, 2.75) is 31.8 Å². The van der Waals surface area contributed by atoms with Gasteiger partial charge in [-0.05, 0) is 62.3 Å². The van der Waals surface area contributed by atoms with E-state index in [0.29, 0.717) is 35.8 Å². The summed E-state index contributed by atoms with van der Waals surface area (Å²) in [4.78, 5) is 11.2. The highest BCUT2D eigenvalue weighted by molar-refractivity contribution is 14.0. The molecule has 1 fully saturated rings. The van der Waals surface area contributed by atoms with E-state index in [0.717, 1.165) is 24.4 Å². The zero-order chi connectivity index (χ0) is 21.5. The van der Waals surface area contributed by atoms with Crippen LogP contribution in [0.25, 0.3) is 11.4 Å². The van der Waals surface area contributed by atoms with Gasteiger partial charge in [-0.2, -0.15) is 4.98 Å². The van der Waals surface area contributed by atoms with Crippen molar-refractivity contribution >= 4 is 41.5 Å². The minimum absolute atomic E-state index is 0. The molecule has 0 spiro atoms. The number of aliphatic imine (C=N–C) groups is 1. The zero-order valence-electron chi connectivity index (χ0n) is 18.0. The average Bonchev–Trinajstić information content (AvgIpc) is 3.50. The van der Waals surface area contributed by atoms with Gasteiger partial charge in [0.15, 0.2) is 5.96 Å². The fourth-order valence-electron chi connectivity index (χ4n) is 3.74. The Balaban J connectivity index is 0.00000289. The van der Waals surface area contributed by atoms with Crippen molar-refractivity contribution in [3.05, 3.63) is 59.3 Å². The summed E-state index contributed by atoms with van der Waals surface area (Å²) < 4.78 is 11.1. The molecular weight excluding hydrogens is 543 g/mol. The van der Waals surface area contributed by atoms with Crippen molar-refractivity contribution in [1.29, 1.82) is 0 Å². The molecule has 8 nitrogen and oxygen atoms in total. The van der Waals surface area contributed by atoms with E-state index in [9.17, 15) is 0 Å². The van der Waals surface area contributed by atoms with Crippen LogP contribution in [0.4, 0.5) is 0 Å². The second-order valence-electron chi connectivity index (χ2n) is 7.45. The van der Waals surface area contributed by atoms with Gasteiger partial charge >= 0.3 is 0 Å². The summed E-state index contributed by atoms with van der Waals surface area (Å²) in [7, 11) is 1.74. The smallest absolute Gasteiger partial charge is 0.246 e. The molecule has 4 rings (SSSR count). The number of piperidine rings is 1. The van der Waals surface area contributed by atoms with Crippen molar-refractivity contribution in [3.8, 4) is 11.4 Å². The molecule has 2 aromatic heterocycles. The summed E-state index contributed by atoms with van der Waals surface area (Å²) in [5.74, 6) is 2.64. The van der Waals surface area contributed by atoms with Crippen LogP contribution in [0, 0.1) is 0 Å². The summed E-state index contributed by atoms with van der Waals surface area (Å²) in [6.07, 6.45) is 5.46. The number of likely N-dealkylation sites (tertiary alicyclic amines) is 1. The predicted molar refractivity (Wildman–Crippen MR) is 135 cm³/mol. The summed E-state index contributed by atoms with van der Waals surface area (Å²) in [5.41, 5.74) is 0.852. The maximum Gasteiger partial charge on any atom is 0.246 e. The molecule has 1 atom stereocenters. The van der Waals surface area contributed by atoms with Crippen LogP contribution in [0.3, 0.4) is 0 Å². The highest BCUT2D eigenvalue weighted by Crippen LogP contribution is 2.24.